The SMILES string of the molecule is CCCN1C=C(NCc2ccc(OC)c(C(=O)OC(C)(C)C)c2OC)NC1. The first-order valence-electron chi connectivity index (χ1n) is 9.19. The summed E-state index contributed by atoms with van der Waals surface area (Å²) in [5, 5.41) is 6.66. The molecule has 7 nitrogen and oxygen atoms in total. The molecule has 0 bridgehead atoms. The lowest BCUT2D eigenvalue weighted by atomic mass is 10.1. The fraction of sp³-hybridized carbons (Fsp3) is 0.550. The number of benzene rings is 1. The highest BCUT2D eigenvalue weighted by Gasteiger charge is 2.27. The molecule has 0 amide bonds. The van der Waals surface area contributed by atoms with Gasteiger partial charge in [0.15, 0.2) is 0 Å². The van der Waals surface area contributed by atoms with Gasteiger partial charge in [-0.15, -0.1) is 0 Å². The van der Waals surface area contributed by atoms with Gasteiger partial charge in [-0.25, -0.2) is 4.79 Å². The van der Waals surface area contributed by atoms with E-state index in [1.807, 2.05) is 26.8 Å². The molecule has 1 heterocycles. The van der Waals surface area contributed by atoms with Crippen LogP contribution in [0.4, 0.5) is 0 Å². The molecule has 2 rings (SSSR count). The highest BCUT2D eigenvalue weighted by Crippen LogP contribution is 2.34. The van der Waals surface area contributed by atoms with Crippen molar-refractivity contribution >= 4 is 5.97 Å². The summed E-state index contributed by atoms with van der Waals surface area (Å²) in [4.78, 5) is 14.9. The number of esters is 1. The van der Waals surface area contributed by atoms with Gasteiger partial charge in [0.25, 0.3) is 0 Å². The van der Waals surface area contributed by atoms with Crippen LogP contribution in [0, 0.1) is 0 Å². The fourth-order valence-electron chi connectivity index (χ4n) is 2.86. The zero-order valence-corrected chi connectivity index (χ0v) is 17.1. The predicted molar refractivity (Wildman–Crippen MR) is 105 cm³/mol. The second kappa shape index (κ2) is 8.88. The Balaban J connectivity index is 2.23. The van der Waals surface area contributed by atoms with Crippen LogP contribution in [0.5, 0.6) is 11.5 Å². The zero-order chi connectivity index (χ0) is 20.0. The normalized spacial score (nSPS) is 13.7. The monoisotopic (exact) mass is 377 g/mol. The molecule has 2 N–H and O–H groups in total. The Bertz CT molecular complexity index is 695. The smallest absolute Gasteiger partial charge is 0.346 e. The van der Waals surface area contributed by atoms with Crippen LogP contribution >= 0.6 is 0 Å². The van der Waals surface area contributed by atoms with Crippen LogP contribution in [0.2, 0.25) is 0 Å². The van der Waals surface area contributed by atoms with Gasteiger partial charge >= 0.3 is 5.97 Å². The fourth-order valence-corrected chi connectivity index (χ4v) is 2.86. The lowest BCUT2D eigenvalue weighted by Crippen LogP contribution is -2.26. The minimum Gasteiger partial charge on any atom is -0.496 e. The third kappa shape index (κ3) is 5.45. The number of hydrogen-bond acceptors (Lipinski definition) is 7. The molecule has 7 heteroatoms. The summed E-state index contributed by atoms with van der Waals surface area (Å²) in [5.41, 5.74) is 0.536. The topological polar surface area (TPSA) is 72.1 Å². The van der Waals surface area contributed by atoms with Crippen molar-refractivity contribution in [3.63, 3.8) is 0 Å². The summed E-state index contributed by atoms with van der Waals surface area (Å²) in [7, 11) is 3.07. The second-order valence-corrected chi connectivity index (χ2v) is 7.38. The van der Waals surface area contributed by atoms with E-state index in [-0.39, 0.29) is 0 Å². The lowest BCUT2D eigenvalue weighted by molar-refractivity contribution is 0.00632. The standard InChI is InChI=1S/C20H31N3O4/c1-7-10-23-12-16(22-13-23)21-11-14-8-9-15(25-5)17(18(14)26-6)19(24)27-20(2,3)4/h8-9,12,21-22H,7,10-11,13H2,1-6H3. The Hall–Kier alpha value is -2.57. The van der Waals surface area contributed by atoms with Crippen molar-refractivity contribution in [2.45, 2.75) is 46.3 Å². The zero-order valence-electron chi connectivity index (χ0n) is 17.1. The maximum atomic E-state index is 12.7. The number of rotatable bonds is 8. The minimum atomic E-state index is -0.608. The van der Waals surface area contributed by atoms with E-state index in [2.05, 4.69) is 28.7 Å². The van der Waals surface area contributed by atoms with Gasteiger partial charge in [-0.1, -0.05) is 6.92 Å². The van der Waals surface area contributed by atoms with Crippen LogP contribution in [0.3, 0.4) is 0 Å². The van der Waals surface area contributed by atoms with E-state index in [1.165, 1.54) is 7.11 Å². The van der Waals surface area contributed by atoms with Crippen LogP contribution in [-0.4, -0.2) is 43.9 Å². The van der Waals surface area contributed by atoms with E-state index in [0.29, 0.717) is 23.6 Å². The highest BCUT2D eigenvalue weighted by molar-refractivity contribution is 5.96. The van der Waals surface area contributed by atoms with E-state index in [1.54, 1.807) is 13.2 Å². The van der Waals surface area contributed by atoms with Crippen LogP contribution in [0.25, 0.3) is 0 Å². The summed E-state index contributed by atoms with van der Waals surface area (Å²) in [5.74, 6) is 1.36. The van der Waals surface area contributed by atoms with Crippen molar-refractivity contribution in [1.29, 1.82) is 0 Å². The number of hydrogen-bond donors (Lipinski definition) is 2. The average Bonchev–Trinajstić information content (AvgIpc) is 3.05. The largest absolute Gasteiger partial charge is 0.496 e. The van der Waals surface area contributed by atoms with Crippen molar-refractivity contribution in [3.05, 3.63) is 35.3 Å². The molecular formula is C20H31N3O4. The first-order valence-corrected chi connectivity index (χ1v) is 9.19. The molecule has 1 aliphatic heterocycles. The Labute approximate surface area is 161 Å². The van der Waals surface area contributed by atoms with Crippen LogP contribution in [-0.2, 0) is 11.3 Å². The molecule has 150 valence electrons. The van der Waals surface area contributed by atoms with Gasteiger partial charge in [-0.3, -0.25) is 0 Å². The molecule has 1 aromatic rings. The van der Waals surface area contributed by atoms with Gasteiger partial charge in [-0.2, -0.15) is 0 Å². The van der Waals surface area contributed by atoms with Crippen LogP contribution in [0.15, 0.2) is 24.2 Å². The predicted octanol–water partition coefficient (Wildman–Crippen LogP) is 2.82. The minimum absolute atomic E-state index is 0.301. The van der Waals surface area contributed by atoms with Crippen LogP contribution < -0.4 is 20.1 Å². The molecule has 0 saturated carbocycles. The summed E-state index contributed by atoms with van der Waals surface area (Å²) in [6.45, 7) is 9.94. The summed E-state index contributed by atoms with van der Waals surface area (Å²) >= 11 is 0. The molecule has 0 fully saturated rings. The molecule has 0 aliphatic carbocycles. The number of carbonyl (C=O) groups excluding carboxylic acids is 1. The molecule has 1 aromatic carbocycles. The molecule has 27 heavy (non-hydrogen) atoms. The first-order chi connectivity index (χ1) is 12.8. The summed E-state index contributed by atoms with van der Waals surface area (Å²) < 4.78 is 16.5. The number of carbonyl (C=O) groups is 1. The third-order valence-corrected chi connectivity index (χ3v) is 3.99. The Morgan fingerprint density at radius 1 is 1.26 bits per heavy atom. The maximum absolute atomic E-state index is 12.7. The number of methoxy groups -OCH3 is 2. The Morgan fingerprint density at radius 3 is 2.59 bits per heavy atom. The Kier molecular flexibility index (Phi) is 6.82. The maximum Gasteiger partial charge on any atom is 0.346 e. The van der Waals surface area contributed by atoms with Crippen molar-refractivity contribution in [2.24, 2.45) is 0 Å². The molecule has 0 saturated heterocycles. The molecule has 0 unspecified atom stereocenters. The number of nitrogens with one attached hydrogen (secondary N) is 2. The van der Waals surface area contributed by atoms with E-state index < -0.39 is 11.6 Å². The van der Waals surface area contributed by atoms with Gasteiger partial charge < -0.3 is 29.7 Å². The number of ether oxygens (including phenoxy) is 3. The van der Waals surface area contributed by atoms with Crippen molar-refractivity contribution in [2.75, 3.05) is 27.4 Å². The molecule has 0 radical (unpaired) electrons. The number of nitrogens with zero attached hydrogens (tertiary/aromatic N) is 1. The molecule has 0 atom stereocenters. The summed E-state index contributed by atoms with van der Waals surface area (Å²) in [6.07, 6.45) is 3.16. The summed E-state index contributed by atoms with van der Waals surface area (Å²) in [6, 6.07) is 3.65. The van der Waals surface area contributed by atoms with Gasteiger partial charge in [-0.05, 0) is 39.3 Å². The molecular weight excluding hydrogens is 346 g/mol. The first kappa shape index (κ1) is 20.7. The van der Waals surface area contributed by atoms with E-state index in [9.17, 15) is 4.79 Å². The van der Waals surface area contributed by atoms with Gasteiger partial charge in [0.1, 0.15) is 28.5 Å². The van der Waals surface area contributed by atoms with Gasteiger partial charge in [0, 0.05) is 24.9 Å². The second-order valence-electron chi connectivity index (χ2n) is 7.38. The van der Waals surface area contributed by atoms with Gasteiger partial charge in [0.2, 0.25) is 0 Å². The molecule has 0 aromatic heterocycles. The Morgan fingerprint density at radius 2 is 2.00 bits per heavy atom. The molecule has 1 aliphatic rings. The quantitative estimate of drug-likeness (QED) is 0.675. The van der Waals surface area contributed by atoms with Crippen molar-refractivity contribution < 1.29 is 19.0 Å². The average molecular weight is 377 g/mol. The van der Waals surface area contributed by atoms with Crippen molar-refractivity contribution in [3.8, 4) is 11.5 Å². The van der Waals surface area contributed by atoms with Gasteiger partial charge in [0.05, 0.1) is 20.9 Å². The van der Waals surface area contributed by atoms with E-state index in [0.717, 1.165) is 31.0 Å². The van der Waals surface area contributed by atoms with Crippen molar-refractivity contribution in [1.82, 2.24) is 15.5 Å². The molecule has 0 spiro atoms. The third-order valence-electron chi connectivity index (χ3n) is 3.99. The highest BCUT2D eigenvalue weighted by atomic mass is 16.6. The lowest BCUT2D eigenvalue weighted by Gasteiger charge is -2.22. The van der Waals surface area contributed by atoms with Crippen LogP contribution in [0.1, 0.15) is 50.0 Å². The van der Waals surface area contributed by atoms with E-state index in [4.69, 9.17) is 14.2 Å². The van der Waals surface area contributed by atoms with E-state index >= 15 is 0 Å².